The van der Waals surface area contributed by atoms with Crippen molar-refractivity contribution < 1.29 is 14.3 Å². The van der Waals surface area contributed by atoms with Crippen LogP contribution in [0, 0.1) is 0 Å². The molecule has 0 aliphatic carbocycles. The molecule has 0 saturated carbocycles. The fraction of sp³-hybridized carbons (Fsp3) is 0.385. The molecule has 0 unspecified atom stereocenters. The summed E-state index contributed by atoms with van der Waals surface area (Å²) in [4.78, 5) is 24.4. The summed E-state index contributed by atoms with van der Waals surface area (Å²) in [5.74, 6) is 0. The number of carbonyl (C=O) groups excluding carboxylic acids is 2. The van der Waals surface area contributed by atoms with Gasteiger partial charge in [0, 0.05) is 6.54 Å². The van der Waals surface area contributed by atoms with Crippen LogP contribution in [0.15, 0.2) is 30.3 Å². The van der Waals surface area contributed by atoms with Gasteiger partial charge in [0.15, 0.2) is 0 Å². The third kappa shape index (κ3) is 4.11. The van der Waals surface area contributed by atoms with Crippen LogP contribution in [0.4, 0.5) is 4.79 Å². The topological polar surface area (TPSA) is 46.6 Å². The molecule has 1 fully saturated rings. The maximum Gasteiger partial charge on any atom is 0.410 e. The molecule has 0 N–H and O–H groups in total. The molecule has 0 radical (unpaired) electrons. The standard InChI is InChI=1S/C13H14ClNO3.ClH/c14-12(16)11-7-4-8-15(11)13(17)18-9-10-5-2-1-3-6-10;/h1-3,5-6,11H,4,7-9H2;1H/t11-;/m0./s1. The van der Waals surface area contributed by atoms with Gasteiger partial charge in [-0.1, -0.05) is 30.3 Å². The third-order valence-electron chi connectivity index (χ3n) is 2.95. The fourth-order valence-corrected chi connectivity index (χ4v) is 2.25. The minimum absolute atomic E-state index is 0. The average molecular weight is 304 g/mol. The SMILES string of the molecule is Cl.O=C(Cl)[C@@H]1CCCN1C(=O)OCc1ccccc1. The molecule has 0 bridgehead atoms. The van der Waals surface area contributed by atoms with E-state index >= 15 is 0 Å². The van der Waals surface area contributed by atoms with E-state index in [9.17, 15) is 9.59 Å². The summed E-state index contributed by atoms with van der Waals surface area (Å²) in [7, 11) is 0. The second-order valence-electron chi connectivity index (χ2n) is 4.20. The van der Waals surface area contributed by atoms with Gasteiger partial charge in [-0.2, -0.15) is 0 Å². The summed E-state index contributed by atoms with van der Waals surface area (Å²) in [6.45, 7) is 0.732. The predicted molar refractivity (Wildman–Crippen MR) is 74.5 cm³/mol. The molecule has 1 aliphatic rings. The molecule has 0 aromatic heterocycles. The Kier molecular flexibility index (Phi) is 6.12. The Balaban J connectivity index is 0.00000180. The molecule has 4 nitrogen and oxygen atoms in total. The first kappa shape index (κ1) is 15.8. The normalized spacial score (nSPS) is 17.7. The minimum atomic E-state index is -0.532. The van der Waals surface area contributed by atoms with E-state index in [1.165, 1.54) is 4.90 Å². The van der Waals surface area contributed by atoms with Gasteiger partial charge in [-0.05, 0) is 30.0 Å². The molecule has 19 heavy (non-hydrogen) atoms. The molecule has 1 amide bonds. The van der Waals surface area contributed by atoms with Gasteiger partial charge in [0.2, 0.25) is 5.24 Å². The number of rotatable bonds is 3. The van der Waals surface area contributed by atoms with Crippen LogP contribution < -0.4 is 0 Å². The number of benzene rings is 1. The summed E-state index contributed by atoms with van der Waals surface area (Å²) in [6, 6.07) is 8.88. The van der Waals surface area contributed by atoms with Crippen molar-refractivity contribution >= 4 is 35.3 Å². The van der Waals surface area contributed by atoms with Crippen molar-refractivity contribution in [2.45, 2.75) is 25.5 Å². The van der Waals surface area contributed by atoms with Gasteiger partial charge in [-0.15, -0.1) is 12.4 Å². The maximum atomic E-state index is 11.8. The highest BCUT2D eigenvalue weighted by atomic mass is 35.5. The van der Waals surface area contributed by atoms with Crippen LogP contribution in [-0.2, 0) is 16.1 Å². The van der Waals surface area contributed by atoms with Crippen molar-refractivity contribution in [1.82, 2.24) is 4.90 Å². The van der Waals surface area contributed by atoms with E-state index in [-0.39, 0.29) is 19.0 Å². The number of carbonyl (C=O) groups is 2. The molecule has 6 heteroatoms. The number of ether oxygens (including phenoxy) is 1. The monoisotopic (exact) mass is 303 g/mol. The lowest BCUT2D eigenvalue weighted by molar-refractivity contribution is -0.115. The number of hydrogen-bond acceptors (Lipinski definition) is 3. The third-order valence-corrected chi connectivity index (χ3v) is 3.21. The summed E-state index contributed by atoms with van der Waals surface area (Å²) >= 11 is 5.45. The van der Waals surface area contributed by atoms with Crippen LogP contribution in [0.25, 0.3) is 0 Å². The van der Waals surface area contributed by atoms with Crippen molar-refractivity contribution in [3.8, 4) is 0 Å². The molecule has 0 spiro atoms. The van der Waals surface area contributed by atoms with Crippen molar-refractivity contribution in [2.24, 2.45) is 0 Å². The van der Waals surface area contributed by atoms with Gasteiger partial charge in [0.1, 0.15) is 12.6 Å². The van der Waals surface area contributed by atoms with E-state index in [0.717, 1.165) is 12.0 Å². The largest absolute Gasteiger partial charge is 0.445 e. The molecule has 2 rings (SSSR count). The lowest BCUT2D eigenvalue weighted by atomic mass is 10.2. The van der Waals surface area contributed by atoms with Crippen LogP contribution in [0.1, 0.15) is 18.4 Å². The highest BCUT2D eigenvalue weighted by Gasteiger charge is 2.34. The van der Waals surface area contributed by atoms with Gasteiger partial charge in [-0.25, -0.2) is 4.79 Å². The smallest absolute Gasteiger partial charge is 0.410 e. The zero-order valence-corrected chi connectivity index (χ0v) is 11.8. The Hall–Kier alpha value is -1.26. The van der Waals surface area contributed by atoms with Gasteiger partial charge in [0.05, 0.1) is 0 Å². The predicted octanol–water partition coefficient (Wildman–Crippen LogP) is 2.97. The van der Waals surface area contributed by atoms with E-state index in [4.69, 9.17) is 16.3 Å². The van der Waals surface area contributed by atoms with Gasteiger partial charge >= 0.3 is 6.09 Å². The molecule has 1 heterocycles. The van der Waals surface area contributed by atoms with E-state index < -0.39 is 17.4 Å². The first-order valence-corrected chi connectivity index (χ1v) is 6.23. The minimum Gasteiger partial charge on any atom is -0.445 e. The highest BCUT2D eigenvalue weighted by Crippen LogP contribution is 2.20. The zero-order valence-electron chi connectivity index (χ0n) is 10.3. The molecule has 1 aliphatic heterocycles. The van der Waals surface area contributed by atoms with Gasteiger partial charge < -0.3 is 4.74 Å². The Labute approximate surface area is 123 Å². The summed E-state index contributed by atoms with van der Waals surface area (Å²) in [6.07, 6.45) is 0.919. The second-order valence-corrected chi connectivity index (χ2v) is 4.57. The van der Waals surface area contributed by atoms with Crippen molar-refractivity contribution in [3.63, 3.8) is 0 Å². The first-order valence-electron chi connectivity index (χ1n) is 5.85. The van der Waals surface area contributed by atoms with Crippen LogP contribution >= 0.6 is 24.0 Å². The van der Waals surface area contributed by atoms with E-state index in [0.29, 0.717) is 13.0 Å². The number of amides is 1. The van der Waals surface area contributed by atoms with E-state index in [1.54, 1.807) is 0 Å². The zero-order chi connectivity index (χ0) is 13.0. The molecular weight excluding hydrogens is 289 g/mol. The van der Waals surface area contributed by atoms with Crippen molar-refractivity contribution in [1.29, 1.82) is 0 Å². The first-order chi connectivity index (χ1) is 8.68. The Morgan fingerprint density at radius 2 is 2.00 bits per heavy atom. The molecule has 1 saturated heterocycles. The number of halogens is 2. The Morgan fingerprint density at radius 1 is 1.32 bits per heavy atom. The Morgan fingerprint density at radius 3 is 2.63 bits per heavy atom. The summed E-state index contributed by atoms with van der Waals surface area (Å²) < 4.78 is 5.17. The molecule has 1 atom stereocenters. The molecule has 104 valence electrons. The highest BCUT2D eigenvalue weighted by molar-refractivity contribution is 6.64. The number of hydrogen-bond donors (Lipinski definition) is 0. The summed E-state index contributed by atoms with van der Waals surface area (Å²) in [5, 5.41) is -0.496. The summed E-state index contributed by atoms with van der Waals surface area (Å²) in [5.41, 5.74) is 0.916. The lowest BCUT2D eigenvalue weighted by Crippen LogP contribution is -2.39. The van der Waals surface area contributed by atoms with Crippen molar-refractivity contribution in [2.75, 3.05) is 6.54 Å². The van der Waals surface area contributed by atoms with Gasteiger partial charge in [0.25, 0.3) is 0 Å². The van der Waals surface area contributed by atoms with E-state index in [1.807, 2.05) is 30.3 Å². The van der Waals surface area contributed by atoms with Crippen LogP contribution in [0.3, 0.4) is 0 Å². The average Bonchev–Trinajstić information content (AvgIpc) is 2.86. The van der Waals surface area contributed by atoms with Gasteiger partial charge in [-0.3, -0.25) is 9.69 Å². The van der Waals surface area contributed by atoms with E-state index in [2.05, 4.69) is 0 Å². The van der Waals surface area contributed by atoms with Crippen LogP contribution in [0.2, 0.25) is 0 Å². The number of likely N-dealkylation sites (tertiary alicyclic amines) is 1. The maximum absolute atomic E-state index is 11.8. The lowest BCUT2D eigenvalue weighted by Gasteiger charge is -2.20. The van der Waals surface area contributed by atoms with Crippen molar-refractivity contribution in [3.05, 3.63) is 35.9 Å². The molecular formula is C13H15Cl2NO3. The second kappa shape index (κ2) is 7.36. The fourth-order valence-electron chi connectivity index (χ4n) is 2.02. The van der Waals surface area contributed by atoms with Crippen LogP contribution in [0.5, 0.6) is 0 Å². The van der Waals surface area contributed by atoms with Crippen LogP contribution in [-0.4, -0.2) is 28.8 Å². The quantitative estimate of drug-likeness (QED) is 0.807. The Bertz CT molecular complexity index is 439. The molecule has 1 aromatic carbocycles. The molecule has 1 aromatic rings. The number of nitrogens with zero attached hydrogens (tertiary/aromatic N) is 1.